The van der Waals surface area contributed by atoms with Gasteiger partial charge in [-0.2, -0.15) is 8.78 Å². The van der Waals surface area contributed by atoms with Crippen LogP contribution in [0.3, 0.4) is 0 Å². The summed E-state index contributed by atoms with van der Waals surface area (Å²) in [6, 6.07) is 1.07. The third-order valence-electron chi connectivity index (χ3n) is 3.52. The highest BCUT2D eigenvalue weighted by Gasteiger charge is 2.37. The van der Waals surface area contributed by atoms with Crippen LogP contribution in [-0.4, -0.2) is 40.4 Å². The molecule has 2 unspecified atom stereocenters. The zero-order valence-electron chi connectivity index (χ0n) is 10.3. The number of anilines is 1. The number of aromatic nitrogens is 3. The van der Waals surface area contributed by atoms with Gasteiger partial charge in [-0.05, 0) is 6.42 Å². The van der Waals surface area contributed by atoms with Gasteiger partial charge in [-0.1, -0.05) is 11.3 Å². The molecule has 106 valence electrons. The maximum absolute atomic E-state index is 12.4. The van der Waals surface area contributed by atoms with Crippen LogP contribution in [-0.2, 0) is 0 Å². The second-order valence-corrected chi connectivity index (χ2v) is 5.96. The average molecular weight is 299 g/mol. The van der Waals surface area contributed by atoms with Crippen molar-refractivity contribution in [2.24, 2.45) is 0 Å². The largest absolute Gasteiger partial charge is 0.414 e. The first kappa shape index (κ1) is 12.2. The van der Waals surface area contributed by atoms with Crippen molar-refractivity contribution in [2.75, 3.05) is 18.0 Å². The zero-order valence-corrected chi connectivity index (χ0v) is 11.1. The van der Waals surface area contributed by atoms with Crippen molar-refractivity contribution in [3.63, 3.8) is 0 Å². The molecule has 0 radical (unpaired) electrons. The highest BCUT2D eigenvalue weighted by molar-refractivity contribution is 7.18. The number of alkyl halides is 2. The smallest absolute Gasteiger partial charge is 0.314 e. The molecule has 3 aliphatic rings. The third kappa shape index (κ3) is 1.97. The first-order valence-corrected chi connectivity index (χ1v) is 7.09. The third-order valence-corrected chi connectivity index (χ3v) is 4.57. The summed E-state index contributed by atoms with van der Waals surface area (Å²) in [6.07, 6.45) is 0.0657. The lowest BCUT2D eigenvalue weighted by molar-refractivity contribution is 0.116. The lowest BCUT2D eigenvalue weighted by atomic mass is 9.92. The van der Waals surface area contributed by atoms with Gasteiger partial charge in [0.25, 0.3) is 11.8 Å². The number of piperidine rings is 1. The predicted octanol–water partition coefficient (Wildman–Crippen LogP) is 1.68. The molecule has 20 heavy (non-hydrogen) atoms. The van der Waals surface area contributed by atoms with Crippen molar-refractivity contribution in [3.05, 3.63) is 12.1 Å². The van der Waals surface area contributed by atoms with Gasteiger partial charge in [-0.15, -0.1) is 10.2 Å². The van der Waals surface area contributed by atoms with E-state index < -0.39 is 12.3 Å². The number of hydrogen-bond acceptors (Lipinski definition) is 7. The Hall–Kier alpha value is -1.61. The van der Waals surface area contributed by atoms with Crippen molar-refractivity contribution in [3.8, 4) is 10.8 Å². The fourth-order valence-corrected chi connectivity index (χ4v) is 3.46. The van der Waals surface area contributed by atoms with Gasteiger partial charge in [0.05, 0.1) is 6.20 Å². The Labute approximate surface area is 116 Å². The van der Waals surface area contributed by atoms with E-state index in [0.29, 0.717) is 17.0 Å². The zero-order chi connectivity index (χ0) is 13.7. The van der Waals surface area contributed by atoms with Crippen LogP contribution >= 0.6 is 11.3 Å². The van der Waals surface area contributed by atoms with Crippen molar-refractivity contribution in [2.45, 2.75) is 24.9 Å². The maximum atomic E-state index is 12.4. The molecule has 0 aliphatic carbocycles. The topological polar surface area (TPSA) is 67.1 Å². The molecule has 0 amide bonds. The molecule has 5 heterocycles. The fraction of sp³-hybridized carbons (Fsp3) is 0.545. The SMILES string of the molecule is FC(F)c1nnc(-c2cnc(N3CC4CC(C3)N4)s2)o1. The molecular formula is C11H11F2N5OS. The molecule has 5 rings (SSSR count). The number of fused-ring (bicyclic) bond motifs is 2. The molecule has 2 aromatic rings. The molecule has 6 nitrogen and oxygen atoms in total. The summed E-state index contributed by atoms with van der Waals surface area (Å²) in [5.41, 5.74) is 0. The minimum atomic E-state index is -2.75. The predicted molar refractivity (Wildman–Crippen MR) is 67.9 cm³/mol. The van der Waals surface area contributed by atoms with E-state index in [2.05, 4.69) is 25.4 Å². The summed E-state index contributed by atoms with van der Waals surface area (Å²) >= 11 is 1.39. The van der Waals surface area contributed by atoms with Crippen LogP contribution in [0.1, 0.15) is 18.7 Å². The first-order valence-electron chi connectivity index (χ1n) is 6.28. The number of thiazole rings is 1. The average Bonchev–Trinajstić information content (AvgIpc) is 3.07. The van der Waals surface area contributed by atoms with Crippen LogP contribution in [0.2, 0.25) is 0 Å². The normalized spacial score (nSPS) is 25.1. The molecule has 1 N–H and O–H groups in total. The van der Waals surface area contributed by atoms with Crippen LogP contribution in [0.25, 0.3) is 10.8 Å². The number of nitrogens with one attached hydrogen (secondary N) is 1. The Kier molecular flexibility index (Phi) is 2.71. The van der Waals surface area contributed by atoms with Gasteiger partial charge < -0.3 is 14.6 Å². The van der Waals surface area contributed by atoms with Crippen LogP contribution in [0.15, 0.2) is 10.6 Å². The van der Waals surface area contributed by atoms with Gasteiger partial charge in [0.2, 0.25) is 0 Å². The Morgan fingerprint density at radius 3 is 2.75 bits per heavy atom. The molecule has 3 aliphatic heterocycles. The number of nitrogens with zero attached hydrogens (tertiary/aromatic N) is 4. The summed E-state index contributed by atoms with van der Waals surface area (Å²) in [5, 5.41) is 11.3. The lowest BCUT2D eigenvalue weighted by Gasteiger charge is -2.48. The van der Waals surface area contributed by atoms with Crippen LogP contribution in [0.4, 0.5) is 13.9 Å². The van der Waals surface area contributed by atoms with Crippen molar-refractivity contribution in [1.82, 2.24) is 20.5 Å². The highest BCUT2D eigenvalue weighted by Crippen LogP contribution is 2.34. The van der Waals surface area contributed by atoms with E-state index in [0.717, 1.165) is 18.2 Å². The van der Waals surface area contributed by atoms with Crippen molar-refractivity contribution < 1.29 is 13.2 Å². The highest BCUT2D eigenvalue weighted by atomic mass is 32.1. The van der Waals surface area contributed by atoms with Gasteiger partial charge in [-0.3, -0.25) is 0 Å². The van der Waals surface area contributed by atoms with Gasteiger partial charge in [0.15, 0.2) is 5.13 Å². The lowest BCUT2D eigenvalue weighted by Crippen LogP contribution is -2.67. The van der Waals surface area contributed by atoms with E-state index in [1.165, 1.54) is 17.8 Å². The molecule has 0 saturated carbocycles. The molecular weight excluding hydrogens is 288 g/mol. The van der Waals surface area contributed by atoms with Gasteiger partial charge in [-0.25, -0.2) is 4.98 Å². The monoisotopic (exact) mass is 299 g/mol. The molecule has 3 fully saturated rings. The van der Waals surface area contributed by atoms with Crippen molar-refractivity contribution >= 4 is 16.5 Å². The van der Waals surface area contributed by atoms with Gasteiger partial charge in [0, 0.05) is 25.2 Å². The molecule has 0 aromatic carbocycles. The molecule has 2 bridgehead atoms. The molecule has 0 spiro atoms. The summed E-state index contributed by atoms with van der Waals surface area (Å²) < 4.78 is 29.8. The van der Waals surface area contributed by atoms with Crippen LogP contribution < -0.4 is 10.2 Å². The molecule has 9 heteroatoms. The second kappa shape index (κ2) is 4.45. The van der Waals surface area contributed by atoms with E-state index in [9.17, 15) is 8.78 Å². The minimum Gasteiger partial charge on any atom is -0.414 e. The number of rotatable bonds is 3. The van der Waals surface area contributed by atoms with E-state index in [4.69, 9.17) is 4.42 Å². The maximum Gasteiger partial charge on any atom is 0.314 e. The summed E-state index contributed by atoms with van der Waals surface area (Å²) in [5.74, 6) is -0.553. The molecule has 2 atom stereocenters. The minimum absolute atomic E-state index is 0.101. The number of halogens is 2. The van der Waals surface area contributed by atoms with Gasteiger partial charge >= 0.3 is 6.43 Å². The Bertz CT molecular complexity index is 614. The van der Waals surface area contributed by atoms with Crippen molar-refractivity contribution in [1.29, 1.82) is 0 Å². The summed E-state index contributed by atoms with van der Waals surface area (Å²) in [6.45, 7) is 1.85. The van der Waals surface area contributed by atoms with Crippen LogP contribution in [0, 0.1) is 0 Å². The van der Waals surface area contributed by atoms with E-state index >= 15 is 0 Å². The van der Waals surface area contributed by atoms with Crippen LogP contribution in [0.5, 0.6) is 0 Å². The fourth-order valence-electron chi connectivity index (χ4n) is 2.60. The summed E-state index contributed by atoms with van der Waals surface area (Å²) in [4.78, 5) is 7.15. The Morgan fingerprint density at radius 2 is 2.10 bits per heavy atom. The first-order chi connectivity index (χ1) is 9.69. The van der Waals surface area contributed by atoms with E-state index in [1.807, 2.05) is 0 Å². The number of piperazine rings is 1. The molecule has 3 saturated heterocycles. The summed E-state index contributed by atoms with van der Waals surface area (Å²) in [7, 11) is 0. The standard InChI is InChI=1S/C11H11F2N5OS/c12-8(13)10-17-16-9(19-10)7-2-14-11(20-7)18-3-5-1-6(4-18)15-5/h2,5-6,8,15H,1,3-4H2. The Balaban J connectivity index is 1.55. The Morgan fingerprint density at radius 1 is 1.35 bits per heavy atom. The quantitative estimate of drug-likeness (QED) is 0.930. The molecule has 2 aromatic heterocycles. The van der Waals surface area contributed by atoms with E-state index in [-0.39, 0.29) is 5.89 Å². The van der Waals surface area contributed by atoms with E-state index in [1.54, 1.807) is 6.20 Å². The number of hydrogen-bond donors (Lipinski definition) is 1. The van der Waals surface area contributed by atoms with Gasteiger partial charge in [0.1, 0.15) is 4.88 Å². The second-order valence-electron chi connectivity index (χ2n) is 4.95.